The van der Waals surface area contributed by atoms with E-state index >= 15 is 0 Å². The minimum atomic E-state index is 0.0806. The van der Waals surface area contributed by atoms with Crippen molar-refractivity contribution >= 4 is 33.5 Å². The molecule has 5 nitrogen and oxygen atoms in total. The van der Waals surface area contributed by atoms with Gasteiger partial charge in [0, 0.05) is 11.5 Å². The predicted octanol–water partition coefficient (Wildman–Crippen LogP) is 3.43. The largest absolute Gasteiger partial charge is 0.424 e. The summed E-state index contributed by atoms with van der Waals surface area (Å²) < 4.78 is 6.51. The summed E-state index contributed by atoms with van der Waals surface area (Å²) in [6.45, 7) is 1.93. The van der Waals surface area contributed by atoms with Gasteiger partial charge in [0.05, 0.1) is 0 Å². The Labute approximate surface area is 118 Å². The molecular formula is C11H10BrClN4O. The average Bonchev–Trinajstić information content (AvgIpc) is 2.33. The fourth-order valence-electron chi connectivity index (χ4n) is 1.27. The van der Waals surface area contributed by atoms with Crippen LogP contribution in [0.2, 0.25) is 5.28 Å². The Hall–Kier alpha value is -1.40. The molecule has 2 aromatic rings. The number of ether oxygens (including phenoxy) is 1. The van der Waals surface area contributed by atoms with Crippen LogP contribution in [0.5, 0.6) is 11.8 Å². The first-order valence-corrected chi connectivity index (χ1v) is 6.29. The highest BCUT2D eigenvalue weighted by atomic mass is 79.9. The van der Waals surface area contributed by atoms with Gasteiger partial charge in [-0.15, -0.1) is 0 Å². The first-order chi connectivity index (χ1) is 8.58. The second kappa shape index (κ2) is 5.49. The van der Waals surface area contributed by atoms with Gasteiger partial charge in [0.2, 0.25) is 11.2 Å². The second-order valence-electron chi connectivity index (χ2n) is 3.47. The van der Waals surface area contributed by atoms with E-state index in [9.17, 15) is 0 Å². The van der Waals surface area contributed by atoms with Gasteiger partial charge in [-0.2, -0.15) is 15.0 Å². The maximum absolute atomic E-state index is 5.77. The van der Waals surface area contributed by atoms with E-state index in [1.165, 1.54) is 0 Å². The third-order valence-corrected chi connectivity index (χ3v) is 2.82. The standard InChI is InChI=1S/C11H10BrClN4O/c1-6-3-4-7(12)5-8(6)18-11-16-9(13)15-10(14-2)17-11/h3-5H,1-2H3,(H,14,15,16,17). The van der Waals surface area contributed by atoms with E-state index in [0.29, 0.717) is 11.7 Å². The summed E-state index contributed by atoms with van der Waals surface area (Å²) in [5, 5.41) is 2.86. The summed E-state index contributed by atoms with van der Waals surface area (Å²) >= 11 is 9.16. The predicted molar refractivity (Wildman–Crippen MR) is 73.3 cm³/mol. The van der Waals surface area contributed by atoms with Gasteiger partial charge < -0.3 is 10.1 Å². The lowest BCUT2D eigenvalue weighted by Gasteiger charge is -2.08. The van der Waals surface area contributed by atoms with Gasteiger partial charge in [-0.3, -0.25) is 0 Å². The van der Waals surface area contributed by atoms with Gasteiger partial charge in [0.25, 0.3) is 0 Å². The zero-order valence-corrected chi connectivity index (χ0v) is 12.1. The number of nitrogens with one attached hydrogen (secondary N) is 1. The summed E-state index contributed by atoms with van der Waals surface area (Å²) in [6, 6.07) is 5.86. The lowest BCUT2D eigenvalue weighted by Crippen LogP contribution is -2.01. The number of benzene rings is 1. The molecule has 0 radical (unpaired) electrons. The van der Waals surface area contributed by atoms with Crippen LogP contribution >= 0.6 is 27.5 Å². The Morgan fingerprint density at radius 1 is 1.28 bits per heavy atom. The molecule has 0 saturated carbocycles. The van der Waals surface area contributed by atoms with Crippen molar-refractivity contribution in [3.05, 3.63) is 33.5 Å². The van der Waals surface area contributed by atoms with Crippen LogP contribution in [-0.4, -0.2) is 22.0 Å². The Bertz CT molecular complexity index is 579. The molecule has 2 rings (SSSR count). The van der Waals surface area contributed by atoms with Crippen LogP contribution in [0.25, 0.3) is 0 Å². The van der Waals surface area contributed by atoms with Gasteiger partial charge >= 0.3 is 6.01 Å². The molecule has 7 heteroatoms. The number of aryl methyl sites for hydroxylation is 1. The number of halogens is 2. The highest BCUT2D eigenvalue weighted by Gasteiger charge is 2.08. The third-order valence-electron chi connectivity index (χ3n) is 2.16. The highest BCUT2D eigenvalue weighted by Crippen LogP contribution is 2.27. The van der Waals surface area contributed by atoms with Gasteiger partial charge in [-0.1, -0.05) is 22.0 Å². The number of aromatic nitrogens is 3. The average molecular weight is 330 g/mol. The van der Waals surface area contributed by atoms with Crippen molar-refractivity contribution in [1.82, 2.24) is 15.0 Å². The molecule has 18 heavy (non-hydrogen) atoms. The summed E-state index contributed by atoms with van der Waals surface area (Å²) in [4.78, 5) is 11.9. The molecule has 0 aliphatic carbocycles. The van der Waals surface area contributed by atoms with E-state index in [4.69, 9.17) is 16.3 Å². The molecule has 1 aromatic heterocycles. The van der Waals surface area contributed by atoms with Gasteiger partial charge in [-0.25, -0.2) is 0 Å². The van der Waals surface area contributed by atoms with E-state index < -0.39 is 0 Å². The summed E-state index contributed by atoms with van der Waals surface area (Å²) in [5.74, 6) is 1.02. The fraction of sp³-hybridized carbons (Fsp3) is 0.182. The van der Waals surface area contributed by atoms with Crippen LogP contribution in [0.15, 0.2) is 22.7 Å². The Morgan fingerprint density at radius 2 is 2.06 bits per heavy atom. The Balaban J connectivity index is 2.33. The highest BCUT2D eigenvalue weighted by molar-refractivity contribution is 9.10. The first kappa shape index (κ1) is 13.0. The van der Waals surface area contributed by atoms with Crippen molar-refractivity contribution in [2.24, 2.45) is 0 Å². The van der Waals surface area contributed by atoms with Crippen molar-refractivity contribution in [1.29, 1.82) is 0 Å². The number of hydrogen-bond donors (Lipinski definition) is 1. The normalized spacial score (nSPS) is 10.2. The van der Waals surface area contributed by atoms with Crippen molar-refractivity contribution < 1.29 is 4.74 Å². The molecule has 0 bridgehead atoms. The topological polar surface area (TPSA) is 59.9 Å². The third kappa shape index (κ3) is 3.08. The monoisotopic (exact) mass is 328 g/mol. The minimum Gasteiger partial charge on any atom is -0.424 e. The molecule has 94 valence electrons. The van der Waals surface area contributed by atoms with Gasteiger partial charge in [-0.05, 0) is 36.2 Å². The summed E-state index contributed by atoms with van der Waals surface area (Å²) in [7, 11) is 1.69. The maximum Gasteiger partial charge on any atom is 0.328 e. The first-order valence-electron chi connectivity index (χ1n) is 5.12. The van der Waals surface area contributed by atoms with Gasteiger partial charge in [0.1, 0.15) is 5.75 Å². The smallest absolute Gasteiger partial charge is 0.328 e. The second-order valence-corrected chi connectivity index (χ2v) is 4.73. The fourth-order valence-corrected chi connectivity index (χ4v) is 1.76. The molecule has 0 saturated heterocycles. The molecule has 0 unspecified atom stereocenters. The molecule has 0 atom stereocenters. The summed E-state index contributed by atoms with van der Waals surface area (Å²) in [5.41, 5.74) is 0.973. The zero-order valence-electron chi connectivity index (χ0n) is 9.74. The van der Waals surface area contributed by atoms with E-state index in [1.54, 1.807) is 7.05 Å². The molecule has 1 heterocycles. The van der Waals surface area contributed by atoms with Crippen molar-refractivity contribution in [2.75, 3.05) is 12.4 Å². The van der Waals surface area contributed by atoms with Crippen LogP contribution < -0.4 is 10.1 Å². The molecule has 0 fully saturated rings. The Kier molecular flexibility index (Phi) is 3.98. The van der Waals surface area contributed by atoms with E-state index in [2.05, 4.69) is 36.2 Å². The van der Waals surface area contributed by atoms with Crippen LogP contribution in [0.3, 0.4) is 0 Å². The number of rotatable bonds is 3. The Morgan fingerprint density at radius 3 is 2.78 bits per heavy atom. The van der Waals surface area contributed by atoms with Crippen LogP contribution in [0, 0.1) is 6.92 Å². The van der Waals surface area contributed by atoms with Crippen molar-refractivity contribution in [2.45, 2.75) is 6.92 Å². The zero-order chi connectivity index (χ0) is 13.1. The van der Waals surface area contributed by atoms with Crippen molar-refractivity contribution in [3.8, 4) is 11.8 Å². The lowest BCUT2D eigenvalue weighted by atomic mass is 10.2. The quantitative estimate of drug-likeness (QED) is 0.935. The van der Waals surface area contributed by atoms with Crippen LogP contribution in [-0.2, 0) is 0 Å². The molecule has 1 N–H and O–H groups in total. The number of hydrogen-bond acceptors (Lipinski definition) is 5. The number of nitrogens with zero attached hydrogens (tertiary/aromatic N) is 3. The summed E-state index contributed by atoms with van der Waals surface area (Å²) in [6.07, 6.45) is 0. The minimum absolute atomic E-state index is 0.0806. The van der Waals surface area contributed by atoms with E-state index in [1.807, 2.05) is 25.1 Å². The number of anilines is 1. The lowest BCUT2D eigenvalue weighted by molar-refractivity contribution is 0.437. The molecule has 0 aliphatic rings. The van der Waals surface area contributed by atoms with E-state index in [0.717, 1.165) is 10.0 Å². The van der Waals surface area contributed by atoms with E-state index in [-0.39, 0.29) is 11.3 Å². The van der Waals surface area contributed by atoms with Crippen LogP contribution in [0.1, 0.15) is 5.56 Å². The van der Waals surface area contributed by atoms with Crippen molar-refractivity contribution in [3.63, 3.8) is 0 Å². The SMILES string of the molecule is CNc1nc(Cl)nc(Oc2cc(Br)ccc2C)n1. The molecule has 1 aromatic carbocycles. The molecule has 0 aliphatic heterocycles. The molecular weight excluding hydrogens is 320 g/mol. The molecule has 0 amide bonds. The van der Waals surface area contributed by atoms with Gasteiger partial charge in [0.15, 0.2) is 0 Å². The maximum atomic E-state index is 5.77. The van der Waals surface area contributed by atoms with Crippen LogP contribution in [0.4, 0.5) is 5.95 Å². The molecule has 0 spiro atoms.